The molecule has 1 aromatic rings. The van der Waals surface area contributed by atoms with Gasteiger partial charge in [0.2, 0.25) is 5.91 Å². The van der Waals surface area contributed by atoms with Crippen molar-refractivity contribution in [3.05, 3.63) is 17.7 Å². The van der Waals surface area contributed by atoms with Gasteiger partial charge in [0.25, 0.3) is 0 Å². The van der Waals surface area contributed by atoms with Crippen LogP contribution in [0.3, 0.4) is 0 Å². The Morgan fingerprint density at radius 1 is 1.11 bits per heavy atom. The number of hydrogen-bond donors (Lipinski definition) is 0. The van der Waals surface area contributed by atoms with Gasteiger partial charge in [-0.15, -0.1) is 0 Å². The third-order valence-electron chi connectivity index (χ3n) is 3.05. The van der Waals surface area contributed by atoms with Gasteiger partial charge in [-0.05, 0) is 6.42 Å². The number of likely N-dealkylation sites (N-methyl/N-ethyl adjacent to an activating group) is 1. The smallest absolute Gasteiger partial charge is 0.219 e. The molecular formula is C14H21NO4. The van der Waals surface area contributed by atoms with Crippen molar-refractivity contribution in [2.24, 2.45) is 0 Å². The van der Waals surface area contributed by atoms with Gasteiger partial charge < -0.3 is 19.1 Å². The zero-order valence-electron chi connectivity index (χ0n) is 12.1. The fourth-order valence-corrected chi connectivity index (χ4v) is 1.76. The van der Waals surface area contributed by atoms with E-state index in [9.17, 15) is 4.79 Å². The summed E-state index contributed by atoms with van der Waals surface area (Å²) in [6, 6.07) is 3.62. The Bertz CT molecular complexity index is 420. The van der Waals surface area contributed by atoms with Crippen LogP contribution in [0.4, 0.5) is 0 Å². The van der Waals surface area contributed by atoms with E-state index in [4.69, 9.17) is 14.2 Å². The van der Waals surface area contributed by atoms with Crippen molar-refractivity contribution >= 4 is 5.91 Å². The topological polar surface area (TPSA) is 48.0 Å². The predicted molar refractivity (Wildman–Crippen MR) is 73.1 cm³/mol. The van der Waals surface area contributed by atoms with Gasteiger partial charge in [-0.25, -0.2) is 0 Å². The minimum atomic E-state index is 0.0337. The van der Waals surface area contributed by atoms with Crippen LogP contribution in [-0.2, 0) is 11.2 Å². The number of benzene rings is 1. The molecule has 1 amide bonds. The van der Waals surface area contributed by atoms with E-state index in [-0.39, 0.29) is 5.91 Å². The van der Waals surface area contributed by atoms with E-state index in [1.165, 1.54) is 0 Å². The van der Waals surface area contributed by atoms with Crippen LogP contribution in [0.1, 0.15) is 12.5 Å². The molecule has 0 N–H and O–H groups in total. The highest BCUT2D eigenvalue weighted by Gasteiger charge is 2.14. The van der Waals surface area contributed by atoms with E-state index < -0.39 is 0 Å². The van der Waals surface area contributed by atoms with E-state index in [1.807, 2.05) is 12.1 Å². The first-order chi connectivity index (χ1) is 9.03. The van der Waals surface area contributed by atoms with Gasteiger partial charge in [-0.2, -0.15) is 0 Å². The summed E-state index contributed by atoms with van der Waals surface area (Å²) in [6.45, 7) is 2.15. The minimum absolute atomic E-state index is 0.0337. The Labute approximate surface area is 114 Å². The normalized spacial score (nSPS) is 9.95. The molecule has 0 fully saturated rings. The summed E-state index contributed by atoms with van der Waals surface area (Å²) in [6.07, 6.45) is 0.659. The molecule has 0 radical (unpaired) electrons. The van der Waals surface area contributed by atoms with Crippen molar-refractivity contribution in [2.75, 3.05) is 34.9 Å². The Hall–Kier alpha value is -1.91. The van der Waals surface area contributed by atoms with Crippen molar-refractivity contribution in [2.45, 2.75) is 13.3 Å². The van der Waals surface area contributed by atoms with E-state index in [0.29, 0.717) is 30.2 Å². The molecule has 106 valence electrons. The van der Waals surface area contributed by atoms with Crippen LogP contribution in [0.15, 0.2) is 12.1 Å². The van der Waals surface area contributed by atoms with Gasteiger partial charge in [0, 0.05) is 38.2 Å². The van der Waals surface area contributed by atoms with Crippen LogP contribution in [0.5, 0.6) is 17.2 Å². The predicted octanol–water partition coefficient (Wildman–Crippen LogP) is 1.73. The van der Waals surface area contributed by atoms with E-state index in [1.54, 1.807) is 40.2 Å². The SMILES string of the molecule is COc1cc(OC)c(CCN(C)C(C)=O)c(OC)c1. The highest BCUT2D eigenvalue weighted by atomic mass is 16.5. The second-order valence-corrected chi connectivity index (χ2v) is 4.20. The van der Waals surface area contributed by atoms with Crippen LogP contribution >= 0.6 is 0 Å². The number of amides is 1. The van der Waals surface area contributed by atoms with Gasteiger partial charge in [0.15, 0.2) is 0 Å². The molecule has 1 aromatic carbocycles. The molecule has 0 unspecified atom stereocenters. The zero-order valence-corrected chi connectivity index (χ0v) is 12.1. The molecule has 0 aliphatic heterocycles. The summed E-state index contributed by atoms with van der Waals surface area (Å²) in [7, 11) is 6.57. The molecule has 5 heteroatoms. The summed E-state index contributed by atoms with van der Waals surface area (Å²) in [4.78, 5) is 12.9. The molecule has 0 aliphatic carbocycles. The van der Waals surface area contributed by atoms with Gasteiger partial charge in [-0.3, -0.25) is 4.79 Å². The molecule has 0 saturated heterocycles. The molecule has 0 saturated carbocycles. The van der Waals surface area contributed by atoms with Crippen LogP contribution in [-0.4, -0.2) is 45.7 Å². The average molecular weight is 267 g/mol. The fourth-order valence-electron chi connectivity index (χ4n) is 1.76. The van der Waals surface area contributed by atoms with Crippen LogP contribution in [0.2, 0.25) is 0 Å². The molecule has 19 heavy (non-hydrogen) atoms. The summed E-state index contributed by atoms with van der Waals surface area (Å²) < 4.78 is 15.9. The third kappa shape index (κ3) is 3.77. The fraction of sp³-hybridized carbons (Fsp3) is 0.500. The molecule has 1 rings (SSSR count). The number of carbonyl (C=O) groups excluding carboxylic acids is 1. The van der Waals surface area contributed by atoms with E-state index >= 15 is 0 Å². The lowest BCUT2D eigenvalue weighted by molar-refractivity contribution is -0.127. The summed E-state index contributed by atoms with van der Waals surface area (Å²) in [5.41, 5.74) is 0.930. The molecular weight excluding hydrogens is 246 g/mol. The lowest BCUT2D eigenvalue weighted by Gasteiger charge is -2.18. The maximum absolute atomic E-state index is 11.2. The molecule has 0 heterocycles. The van der Waals surface area contributed by atoms with Gasteiger partial charge in [-0.1, -0.05) is 0 Å². The standard InChI is InChI=1S/C14H21NO4/c1-10(16)15(2)7-6-12-13(18-4)8-11(17-3)9-14(12)19-5/h8-9H,6-7H2,1-5H3. The number of carbonyl (C=O) groups is 1. The first kappa shape index (κ1) is 15.1. The minimum Gasteiger partial charge on any atom is -0.496 e. The monoisotopic (exact) mass is 267 g/mol. The summed E-state index contributed by atoms with van der Waals surface area (Å²) in [5.74, 6) is 2.12. The largest absolute Gasteiger partial charge is 0.496 e. The summed E-state index contributed by atoms with van der Waals surface area (Å²) >= 11 is 0. The van der Waals surface area contributed by atoms with Crippen molar-refractivity contribution in [1.29, 1.82) is 0 Å². The molecule has 0 bridgehead atoms. The second kappa shape index (κ2) is 6.87. The molecule has 0 aliphatic rings. The quantitative estimate of drug-likeness (QED) is 0.787. The Kier molecular flexibility index (Phi) is 5.48. The van der Waals surface area contributed by atoms with Gasteiger partial charge in [0.1, 0.15) is 17.2 Å². The van der Waals surface area contributed by atoms with Gasteiger partial charge in [0.05, 0.1) is 21.3 Å². The highest BCUT2D eigenvalue weighted by molar-refractivity contribution is 5.72. The Balaban J connectivity index is 3.00. The lowest BCUT2D eigenvalue weighted by atomic mass is 10.1. The first-order valence-corrected chi connectivity index (χ1v) is 6.04. The van der Waals surface area contributed by atoms with Crippen LogP contribution < -0.4 is 14.2 Å². The number of ether oxygens (including phenoxy) is 3. The Morgan fingerprint density at radius 3 is 2.00 bits per heavy atom. The number of nitrogens with zero attached hydrogens (tertiary/aromatic N) is 1. The maximum Gasteiger partial charge on any atom is 0.219 e. The number of hydrogen-bond acceptors (Lipinski definition) is 4. The van der Waals surface area contributed by atoms with Crippen LogP contribution in [0, 0.1) is 0 Å². The third-order valence-corrected chi connectivity index (χ3v) is 3.05. The number of methoxy groups -OCH3 is 3. The molecule has 0 aromatic heterocycles. The summed E-state index contributed by atoms with van der Waals surface area (Å²) in [5, 5.41) is 0. The zero-order chi connectivity index (χ0) is 14.4. The van der Waals surface area contributed by atoms with Crippen molar-refractivity contribution in [3.63, 3.8) is 0 Å². The van der Waals surface area contributed by atoms with Gasteiger partial charge >= 0.3 is 0 Å². The van der Waals surface area contributed by atoms with E-state index in [2.05, 4.69) is 0 Å². The molecule has 5 nitrogen and oxygen atoms in total. The van der Waals surface area contributed by atoms with Crippen molar-refractivity contribution in [1.82, 2.24) is 4.90 Å². The highest BCUT2D eigenvalue weighted by Crippen LogP contribution is 2.34. The Morgan fingerprint density at radius 2 is 1.63 bits per heavy atom. The van der Waals surface area contributed by atoms with E-state index in [0.717, 1.165) is 5.56 Å². The van der Waals surface area contributed by atoms with Crippen molar-refractivity contribution in [3.8, 4) is 17.2 Å². The van der Waals surface area contributed by atoms with Crippen molar-refractivity contribution < 1.29 is 19.0 Å². The number of rotatable bonds is 6. The maximum atomic E-state index is 11.2. The molecule has 0 atom stereocenters. The van der Waals surface area contributed by atoms with Crippen LogP contribution in [0.25, 0.3) is 0 Å². The molecule has 0 spiro atoms. The lowest BCUT2D eigenvalue weighted by Crippen LogP contribution is -2.26. The average Bonchev–Trinajstić information content (AvgIpc) is 2.43. The second-order valence-electron chi connectivity index (χ2n) is 4.20. The first-order valence-electron chi connectivity index (χ1n) is 6.04.